The number of hydrogen-bond acceptors (Lipinski definition) is 3. The third kappa shape index (κ3) is 4.13. The van der Waals surface area contributed by atoms with Crippen molar-refractivity contribution >= 4 is 15.9 Å². The molecular weight excluding hydrogens is 280 g/mol. The van der Waals surface area contributed by atoms with Gasteiger partial charge in [0.05, 0.1) is 0 Å². The third-order valence-electron chi connectivity index (χ3n) is 2.60. The Balaban J connectivity index is 2.00. The number of nitrogens with zero attached hydrogens (tertiary/aromatic N) is 1. The fourth-order valence-corrected chi connectivity index (χ4v) is 1.87. The number of hydrogen-bond donors (Lipinski definition) is 1. The van der Waals surface area contributed by atoms with E-state index in [1.54, 1.807) is 6.20 Å². The fourth-order valence-electron chi connectivity index (χ4n) is 1.49. The van der Waals surface area contributed by atoms with Crippen LogP contribution in [-0.2, 0) is 6.54 Å². The second-order valence-electron chi connectivity index (χ2n) is 4.15. The van der Waals surface area contributed by atoms with E-state index >= 15 is 0 Å². The summed E-state index contributed by atoms with van der Waals surface area (Å²) in [5.74, 6) is 0.722. The molecule has 1 aromatic rings. The first-order valence-corrected chi connectivity index (χ1v) is 6.70. The predicted octanol–water partition coefficient (Wildman–Crippen LogP) is 3.05. The molecule has 1 N–H and O–H groups in total. The van der Waals surface area contributed by atoms with Gasteiger partial charge in [0, 0.05) is 28.8 Å². The molecule has 1 aliphatic carbocycles. The van der Waals surface area contributed by atoms with Crippen molar-refractivity contribution < 1.29 is 4.74 Å². The Labute approximate surface area is 110 Å². The summed E-state index contributed by atoms with van der Waals surface area (Å²) in [6.07, 6.45) is 8.29. The highest BCUT2D eigenvalue weighted by Crippen LogP contribution is 2.23. The number of rotatable bonds is 6. The van der Waals surface area contributed by atoms with Crippen molar-refractivity contribution in [3.8, 4) is 5.88 Å². The molecule has 2 rings (SSSR count). The highest BCUT2D eigenvalue weighted by molar-refractivity contribution is 9.10. The van der Waals surface area contributed by atoms with Crippen molar-refractivity contribution in [1.82, 2.24) is 10.3 Å². The van der Waals surface area contributed by atoms with Crippen molar-refractivity contribution in [3.63, 3.8) is 0 Å². The van der Waals surface area contributed by atoms with Gasteiger partial charge in [-0.15, -0.1) is 0 Å². The van der Waals surface area contributed by atoms with E-state index in [-0.39, 0.29) is 0 Å². The molecule has 4 heteroatoms. The molecule has 1 fully saturated rings. The Bertz CT molecular complexity index is 402. The van der Waals surface area contributed by atoms with E-state index in [4.69, 9.17) is 4.74 Å². The van der Waals surface area contributed by atoms with Crippen LogP contribution >= 0.6 is 15.9 Å². The standard InChI is InChI=1S/C13H17BrN2O/c1-2-3-6-17-13-10(7-11(14)9-16-13)8-15-12-4-5-12/h2-3,7,9,12,15H,4-6,8H2,1H3. The lowest BCUT2D eigenvalue weighted by atomic mass is 10.2. The van der Waals surface area contributed by atoms with E-state index < -0.39 is 0 Å². The van der Waals surface area contributed by atoms with Crippen molar-refractivity contribution in [2.24, 2.45) is 0 Å². The van der Waals surface area contributed by atoms with Crippen molar-refractivity contribution in [2.45, 2.75) is 32.4 Å². The van der Waals surface area contributed by atoms with Crippen LogP contribution in [0.5, 0.6) is 5.88 Å². The van der Waals surface area contributed by atoms with Gasteiger partial charge in [0.2, 0.25) is 5.88 Å². The summed E-state index contributed by atoms with van der Waals surface area (Å²) < 4.78 is 6.62. The zero-order valence-electron chi connectivity index (χ0n) is 9.95. The van der Waals surface area contributed by atoms with Gasteiger partial charge in [-0.2, -0.15) is 0 Å². The van der Waals surface area contributed by atoms with Crippen molar-refractivity contribution in [1.29, 1.82) is 0 Å². The first kappa shape index (κ1) is 12.6. The molecule has 1 aliphatic rings. The quantitative estimate of drug-likeness (QED) is 0.819. The van der Waals surface area contributed by atoms with Crippen LogP contribution in [0, 0.1) is 0 Å². The van der Waals surface area contributed by atoms with E-state index in [1.807, 2.05) is 19.1 Å². The molecular formula is C13H17BrN2O. The number of allylic oxidation sites excluding steroid dienone is 1. The third-order valence-corrected chi connectivity index (χ3v) is 3.04. The molecule has 0 radical (unpaired) electrons. The van der Waals surface area contributed by atoms with Crippen LogP contribution in [0.2, 0.25) is 0 Å². The van der Waals surface area contributed by atoms with Gasteiger partial charge < -0.3 is 10.1 Å². The molecule has 0 aromatic carbocycles. The minimum absolute atomic E-state index is 0.571. The molecule has 1 saturated carbocycles. The summed E-state index contributed by atoms with van der Waals surface area (Å²) in [4.78, 5) is 4.31. The Hall–Kier alpha value is -0.870. The molecule has 3 nitrogen and oxygen atoms in total. The molecule has 0 bridgehead atoms. The molecule has 17 heavy (non-hydrogen) atoms. The normalized spacial score (nSPS) is 15.4. The fraction of sp³-hybridized carbons (Fsp3) is 0.462. The maximum absolute atomic E-state index is 5.63. The van der Waals surface area contributed by atoms with Crippen LogP contribution in [-0.4, -0.2) is 17.6 Å². The largest absolute Gasteiger partial charge is 0.473 e. The lowest BCUT2D eigenvalue weighted by Crippen LogP contribution is -2.16. The van der Waals surface area contributed by atoms with Gasteiger partial charge in [0.25, 0.3) is 0 Å². The summed E-state index contributed by atoms with van der Waals surface area (Å²) in [5.41, 5.74) is 1.11. The Morgan fingerprint density at radius 3 is 3.12 bits per heavy atom. The minimum Gasteiger partial charge on any atom is -0.473 e. The van der Waals surface area contributed by atoms with E-state index in [0.717, 1.165) is 22.5 Å². The van der Waals surface area contributed by atoms with Gasteiger partial charge in [-0.05, 0) is 41.8 Å². The van der Waals surface area contributed by atoms with Crippen molar-refractivity contribution in [2.75, 3.05) is 6.61 Å². The highest BCUT2D eigenvalue weighted by atomic mass is 79.9. The van der Waals surface area contributed by atoms with E-state index in [1.165, 1.54) is 12.8 Å². The van der Waals surface area contributed by atoms with Crippen LogP contribution in [0.4, 0.5) is 0 Å². The second-order valence-corrected chi connectivity index (χ2v) is 5.07. The SMILES string of the molecule is CC=CCOc1ncc(Br)cc1CNC1CC1. The monoisotopic (exact) mass is 296 g/mol. The minimum atomic E-state index is 0.571. The molecule has 1 heterocycles. The average molecular weight is 297 g/mol. The smallest absolute Gasteiger partial charge is 0.218 e. The molecule has 1 aromatic heterocycles. The molecule has 92 valence electrons. The van der Waals surface area contributed by atoms with Crippen LogP contribution in [0.1, 0.15) is 25.3 Å². The van der Waals surface area contributed by atoms with E-state index in [9.17, 15) is 0 Å². The number of aromatic nitrogens is 1. The zero-order chi connectivity index (χ0) is 12.1. The Morgan fingerprint density at radius 1 is 1.59 bits per heavy atom. The topological polar surface area (TPSA) is 34.1 Å². The average Bonchev–Trinajstić information content (AvgIpc) is 3.13. The van der Waals surface area contributed by atoms with Gasteiger partial charge in [-0.1, -0.05) is 12.2 Å². The molecule has 0 aliphatic heterocycles. The number of ether oxygens (including phenoxy) is 1. The molecule has 0 spiro atoms. The molecule has 0 unspecified atom stereocenters. The first-order chi connectivity index (χ1) is 8.29. The van der Waals surface area contributed by atoms with Crippen LogP contribution in [0.25, 0.3) is 0 Å². The van der Waals surface area contributed by atoms with E-state index in [0.29, 0.717) is 12.6 Å². The first-order valence-electron chi connectivity index (χ1n) is 5.91. The van der Waals surface area contributed by atoms with Gasteiger partial charge in [-0.3, -0.25) is 0 Å². The molecule has 0 amide bonds. The Morgan fingerprint density at radius 2 is 2.41 bits per heavy atom. The van der Waals surface area contributed by atoms with Crippen molar-refractivity contribution in [3.05, 3.63) is 34.5 Å². The number of halogens is 1. The Kier molecular flexibility index (Phi) is 4.57. The van der Waals surface area contributed by atoms with Gasteiger partial charge in [-0.25, -0.2) is 4.98 Å². The zero-order valence-corrected chi connectivity index (χ0v) is 11.5. The highest BCUT2D eigenvalue weighted by Gasteiger charge is 2.20. The van der Waals surface area contributed by atoms with Gasteiger partial charge >= 0.3 is 0 Å². The summed E-state index contributed by atoms with van der Waals surface area (Å²) in [5, 5.41) is 3.47. The van der Waals surface area contributed by atoms with Crippen LogP contribution in [0.15, 0.2) is 28.9 Å². The second kappa shape index (κ2) is 6.17. The molecule has 0 atom stereocenters. The number of pyridine rings is 1. The summed E-state index contributed by atoms with van der Waals surface area (Å²) in [7, 11) is 0. The molecule has 0 saturated heterocycles. The maximum atomic E-state index is 5.63. The van der Waals surface area contributed by atoms with Gasteiger partial charge in [0.15, 0.2) is 0 Å². The lowest BCUT2D eigenvalue weighted by molar-refractivity contribution is 0.342. The van der Waals surface area contributed by atoms with Gasteiger partial charge in [0.1, 0.15) is 6.61 Å². The maximum Gasteiger partial charge on any atom is 0.218 e. The predicted molar refractivity (Wildman–Crippen MR) is 72.1 cm³/mol. The number of nitrogens with one attached hydrogen (secondary N) is 1. The van der Waals surface area contributed by atoms with E-state index in [2.05, 4.69) is 32.3 Å². The van der Waals surface area contributed by atoms with Crippen LogP contribution in [0.3, 0.4) is 0 Å². The summed E-state index contributed by atoms with van der Waals surface area (Å²) in [6.45, 7) is 3.37. The van der Waals surface area contributed by atoms with Crippen LogP contribution < -0.4 is 10.1 Å². The summed E-state index contributed by atoms with van der Waals surface area (Å²) in [6, 6.07) is 2.75. The summed E-state index contributed by atoms with van der Waals surface area (Å²) >= 11 is 3.44. The lowest BCUT2D eigenvalue weighted by Gasteiger charge is -2.10.